The zero-order chi connectivity index (χ0) is 13.7. The van der Waals surface area contributed by atoms with Crippen LogP contribution < -0.4 is 9.64 Å². The molecule has 0 saturated carbocycles. The molecular formula is C14H22ClN3O. The topological polar surface area (TPSA) is 38.2 Å². The highest BCUT2D eigenvalue weighted by Gasteiger charge is 2.24. The van der Waals surface area contributed by atoms with E-state index in [9.17, 15) is 0 Å². The molecule has 0 bridgehead atoms. The van der Waals surface area contributed by atoms with Gasteiger partial charge in [-0.15, -0.1) is 11.6 Å². The smallest absolute Gasteiger partial charge is 0.228 e. The van der Waals surface area contributed by atoms with Gasteiger partial charge in [-0.1, -0.05) is 6.92 Å². The van der Waals surface area contributed by atoms with Crippen LogP contribution in [-0.2, 0) is 0 Å². The standard InChI is InChI=1S/C14H22ClN3O/c1-3-8-19-13-9-11(2)16-14(17-13)18-7-5-12(10-18)4-6-15/h9,12H,3-8,10H2,1-2H3. The van der Waals surface area contributed by atoms with Crippen molar-refractivity contribution in [1.82, 2.24) is 9.97 Å². The lowest BCUT2D eigenvalue weighted by atomic mass is 10.1. The predicted octanol–water partition coefficient (Wildman–Crippen LogP) is 3.03. The average molecular weight is 284 g/mol. The van der Waals surface area contributed by atoms with E-state index >= 15 is 0 Å². The highest BCUT2D eigenvalue weighted by Crippen LogP contribution is 2.25. The van der Waals surface area contributed by atoms with E-state index in [0.717, 1.165) is 43.5 Å². The largest absolute Gasteiger partial charge is 0.478 e. The summed E-state index contributed by atoms with van der Waals surface area (Å²) in [7, 11) is 0. The summed E-state index contributed by atoms with van der Waals surface area (Å²) in [5.41, 5.74) is 0.955. The zero-order valence-corrected chi connectivity index (χ0v) is 12.5. The molecule has 4 nitrogen and oxygen atoms in total. The van der Waals surface area contributed by atoms with Crippen molar-refractivity contribution in [2.45, 2.75) is 33.1 Å². The molecule has 0 aromatic carbocycles. The average Bonchev–Trinajstić information content (AvgIpc) is 2.85. The summed E-state index contributed by atoms with van der Waals surface area (Å²) < 4.78 is 5.61. The van der Waals surface area contributed by atoms with Crippen LogP contribution in [0.1, 0.15) is 31.9 Å². The number of halogens is 1. The lowest BCUT2D eigenvalue weighted by Gasteiger charge is -2.17. The van der Waals surface area contributed by atoms with Crippen molar-refractivity contribution in [3.8, 4) is 5.88 Å². The van der Waals surface area contributed by atoms with Crippen LogP contribution in [0.3, 0.4) is 0 Å². The van der Waals surface area contributed by atoms with E-state index in [1.807, 2.05) is 13.0 Å². The fraction of sp³-hybridized carbons (Fsp3) is 0.714. The maximum absolute atomic E-state index is 5.81. The van der Waals surface area contributed by atoms with Crippen molar-refractivity contribution >= 4 is 17.5 Å². The number of aryl methyl sites for hydroxylation is 1. The minimum Gasteiger partial charge on any atom is -0.478 e. The molecule has 1 unspecified atom stereocenters. The third-order valence-electron chi connectivity index (χ3n) is 3.36. The Hall–Kier alpha value is -1.03. The first-order valence-corrected chi connectivity index (χ1v) is 7.55. The van der Waals surface area contributed by atoms with Crippen LogP contribution in [0.15, 0.2) is 6.07 Å². The van der Waals surface area contributed by atoms with E-state index in [2.05, 4.69) is 21.8 Å². The van der Waals surface area contributed by atoms with E-state index < -0.39 is 0 Å². The number of alkyl halides is 1. The van der Waals surface area contributed by atoms with Gasteiger partial charge in [0.15, 0.2) is 0 Å². The van der Waals surface area contributed by atoms with E-state index in [0.29, 0.717) is 18.4 Å². The molecule has 2 rings (SSSR count). The molecule has 1 fully saturated rings. The van der Waals surface area contributed by atoms with Crippen molar-refractivity contribution in [3.05, 3.63) is 11.8 Å². The Morgan fingerprint density at radius 2 is 2.32 bits per heavy atom. The molecule has 0 spiro atoms. The van der Waals surface area contributed by atoms with Gasteiger partial charge in [0, 0.05) is 30.7 Å². The summed E-state index contributed by atoms with van der Waals surface area (Å²) >= 11 is 5.81. The number of ether oxygens (including phenoxy) is 1. The van der Waals surface area contributed by atoms with Gasteiger partial charge in [0.1, 0.15) is 0 Å². The molecule has 1 atom stereocenters. The van der Waals surface area contributed by atoms with E-state index in [-0.39, 0.29) is 0 Å². The third kappa shape index (κ3) is 3.96. The number of aromatic nitrogens is 2. The molecule has 1 aliphatic heterocycles. The number of anilines is 1. The Kier molecular flexibility index (Phi) is 5.25. The molecule has 1 aromatic rings. The first-order valence-electron chi connectivity index (χ1n) is 7.02. The molecule has 2 heterocycles. The Balaban J connectivity index is 2.05. The molecule has 5 heteroatoms. The van der Waals surface area contributed by atoms with Crippen LogP contribution in [-0.4, -0.2) is 35.5 Å². The SMILES string of the molecule is CCCOc1cc(C)nc(N2CCC(CCCl)C2)n1. The molecule has 0 N–H and O–H groups in total. The summed E-state index contributed by atoms with van der Waals surface area (Å²) in [5, 5.41) is 0. The van der Waals surface area contributed by atoms with E-state index in [4.69, 9.17) is 16.3 Å². The highest BCUT2D eigenvalue weighted by atomic mass is 35.5. The third-order valence-corrected chi connectivity index (χ3v) is 3.58. The Morgan fingerprint density at radius 1 is 1.47 bits per heavy atom. The van der Waals surface area contributed by atoms with E-state index in [1.54, 1.807) is 0 Å². The predicted molar refractivity (Wildman–Crippen MR) is 78.2 cm³/mol. The van der Waals surface area contributed by atoms with Crippen molar-refractivity contribution in [3.63, 3.8) is 0 Å². The summed E-state index contributed by atoms with van der Waals surface area (Å²) in [5.74, 6) is 2.88. The zero-order valence-electron chi connectivity index (χ0n) is 11.7. The number of hydrogen-bond acceptors (Lipinski definition) is 4. The maximum Gasteiger partial charge on any atom is 0.228 e. The summed E-state index contributed by atoms with van der Waals surface area (Å²) in [6.45, 7) is 6.79. The van der Waals surface area contributed by atoms with Gasteiger partial charge in [0.2, 0.25) is 11.8 Å². The van der Waals surface area contributed by atoms with Crippen LogP contribution in [0.4, 0.5) is 5.95 Å². The van der Waals surface area contributed by atoms with Crippen LogP contribution in [0.25, 0.3) is 0 Å². The van der Waals surface area contributed by atoms with Crippen LogP contribution in [0, 0.1) is 12.8 Å². The van der Waals surface area contributed by atoms with Gasteiger partial charge in [-0.05, 0) is 32.1 Å². The lowest BCUT2D eigenvalue weighted by molar-refractivity contribution is 0.304. The van der Waals surface area contributed by atoms with Crippen LogP contribution in [0.5, 0.6) is 5.88 Å². The first kappa shape index (κ1) is 14.4. The van der Waals surface area contributed by atoms with Crippen molar-refractivity contribution in [2.75, 3.05) is 30.5 Å². The Morgan fingerprint density at radius 3 is 3.05 bits per heavy atom. The van der Waals surface area contributed by atoms with Gasteiger partial charge in [0.25, 0.3) is 0 Å². The minimum atomic E-state index is 0.668. The van der Waals surface area contributed by atoms with Crippen molar-refractivity contribution < 1.29 is 4.74 Å². The molecule has 0 radical (unpaired) electrons. The first-order chi connectivity index (χ1) is 9.22. The molecule has 1 aliphatic rings. The number of nitrogens with zero attached hydrogens (tertiary/aromatic N) is 3. The molecular weight excluding hydrogens is 262 g/mol. The molecule has 19 heavy (non-hydrogen) atoms. The van der Waals surface area contributed by atoms with Gasteiger partial charge in [-0.2, -0.15) is 4.98 Å². The van der Waals surface area contributed by atoms with Gasteiger partial charge in [-0.25, -0.2) is 4.98 Å². The van der Waals surface area contributed by atoms with Gasteiger partial charge < -0.3 is 9.64 Å². The normalized spacial score (nSPS) is 18.9. The fourth-order valence-electron chi connectivity index (χ4n) is 2.35. The Labute approximate surface area is 120 Å². The second-order valence-electron chi connectivity index (χ2n) is 5.07. The molecule has 1 aromatic heterocycles. The molecule has 0 amide bonds. The van der Waals surface area contributed by atoms with E-state index in [1.165, 1.54) is 6.42 Å². The van der Waals surface area contributed by atoms with Gasteiger partial charge >= 0.3 is 0 Å². The second-order valence-corrected chi connectivity index (χ2v) is 5.45. The summed E-state index contributed by atoms with van der Waals surface area (Å²) in [6, 6.07) is 1.89. The van der Waals surface area contributed by atoms with Crippen molar-refractivity contribution in [2.24, 2.45) is 5.92 Å². The molecule has 106 valence electrons. The maximum atomic E-state index is 5.81. The highest BCUT2D eigenvalue weighted by molar-refractivity contribution is 6.17. The quantitative estimate of drug-likeness (QED) is 0.752. The fourth-order valence-corrected chi connectivity index (χ4v) is 2.66. The summed E-state index contributed by atoms with van der Waals surface area (Å²) in [6.07, 6.45) is 3.23. The van der Waals surface area contributed by atoms with Crippen LogP contribution >= 0.6 is 11.6 Å². The van der Waals surface area contributed by atoms with Gasteiger partial charge in [0.05, 0.1) is 6.61 Å². The second kappa shape index (κ2) is 6.94. The number of hydrogen-bond donors (Lipinski definition) is 0. The molecule has 1 saturated heterocycles. The minimum absolute atomic E-state index is 0.668. The monoisotopic (exact) mass is 283 g/mol. The Bertz CT molecular complexity index is 414. The summed E-state index contributed by atoms with van der Waals surface area (Å²) in [4.78, 5) is 11.3. The molecule has 0 aliphatic carbocycles. The lowest BCUT2D eigenvalue weighted by Crippen LogP contribution is -2.22. The van der Waals surface area contributed by atoms with Crippen molar-refractivity contribution in [1.29, 1.82) is 0 Å². The van der Waals surface area contributed by atoms with Gasteiger partial charge in [-0.3, -0.25) is 0 Å². The van der Waals surface area contributed by atoms with Crippen LogP contribution in [0.2, 0.25) is 0 Å². The number of rotatable bonds is 6.